The van der Waals surface area contributed by atoms with E-state index in [1.807, 2.05) is 61.5 Å². The van der Waals surface area contributed by atoms with Crippen LogP contribution in [-0.4, -0.2) is 20.7 Å². The Kier molecular flexibility index (Phi) is 5.40. The molecule has 3 aromatic carbocycles. The molecule has 0 saturated carbocycles. The molecular formula is C23H19ClN4O. The van der Waals surface area contributed by atoms with Gasteiger partial charge in [-0.25, -0.2) is 0 Å². The van der Waals surface area contributed by atoms with Crippen molar-refractivity contribution >= 4 is 23.5 Å². The SMILES string of the molecule is Cc1ccc(-c2nc(NCc3ccccc3)n(C(=O)c3cccc(Cl)c3)n2)cc1. The molecule has 1 N–H and O–H groups in total. The van der Waals surface area contributed by atoms with Gasteiger partial charge in [-0.1, -0.05) is 77.8 Å². The predicted molar refractivity (Wildman–Crippen MR) is 115 cm³/mol. The molecule has 5 nitrogen and oxygen atoms in total. The molecule has 4 rings (SSSR count). The van der Waals surface area contributed by atoms with Crippen LogP contribution in [0.1, 0.15) is 21.5 Å². The van der Waals surface area contributed by atoms with Gasteiger partial charge in [-0.15, -0.1) is 5.10 Å². The van der Waals surface area contributed by atoms with E-state index in [4.69, 9.17) is 11.6 Å². The highest BCUT2D eigenvalue weighted by Crippen LogP contribution is 2.21. The third-order valence-electron chi connectivity index (χ3n) is 4.47. The molecule has 0 aliphatic rings. The minimum Gasteiger partial charge on any atom is -0.350 e. The number of aryl methyl sites for hydroxylation is 1. The summed E-state index contributed by atoms with van der Waals surface area (Å²) in [6.07, 6.45) is 0. The molecule has 144 valence electrons. The number of nitrogens with one attached hydrogen (secondary N) is 1. The number of carbonyl (C=O) groups is 1. The number of halogens is 1. The van der Waals surface area contributed by atoms with Crippen LogP contribution in [0.15, 0.2) is 78.9 Å². The molecule has 0 spiro atoms. The van der Waals surface area contributed by atoms with E-state index in [0.29, 0.717) is 28.9 Å². The van der Waals surface area contributed by atoms with Crippen LogP contribution < -0.4 is 5.32 Å². The van der Waals surface area contributed by atoms with Crippen molar-refractivity contribution in [3.63, 3.8) is 0 Å². The van der Waals surface area contributed by atoms with Gasteiger partial charge in [-0.3, -0.25) is 4.79 Å². The first-order valence-corrected chi connectivity index (χ1v) is 9.60. The quantitative estimate of drug-likeness (QED) is 0.498. The first-order chi connectivity index (χ1) is 14.1. The summed E-state index contributed by atoms with van der Waals surface area (Å²) in [5.41, 5.74) is 3.51. The van der Waals surface area contributed by atoms with Gasteiger partial charge >= 0.3 is 0 Å². The van der Waals surface area contributed by atoms with Gasteiger partial charge in [0, 0.05) is 22.7 Å². The lowest BCUT2D eigenvalue weighted by Crippen LogP contribution is -2.17. The minimum absolute atomic E-state index is 0.297. The van der Waals surface area contributed by atoms with Crippen LogP contribution in [0.5, 0.6) is 0 Å². The number of aromatic nitrogens is 3. The fourth-order valence-corrected chi connectivity index (χ4v) is 3.10. The summed E-state index contributed by atoms with van der Waals surface area (Å²) in [5, 5.41) is 8.20. The maximum Gasteiger partial charge on any atom is 0.281 e. The van der Waals surface area contributed by atoms with E-state index in [9.17, 15) is 4.79 Å². The van der Waals surface area contributed by atoms with E-state index in [1.165, 1.54) is 4.68 Å². The summed E-state index contributed by atoms with van der Waals surface area (Å²) in [7, 11) is 0. The van der Waals surface area contributed by atoms with E-state index in [-0.39, 0.29) is 5.91 Å². The number of nitrogens with zero attached hydrogens (tertiary/aromatic N) is 3. The van der Waals surface area contributed by atoms with Crippen molar-refractivity contribution < 1.29 is 4.79 Å². The van der Waals surface area contributed by atoms with Gasteiger partial charge in [-0.2, -0.15) is 9.67 Å². The average Bonchev–Trinajstić information content (AvgIpc) is 3.17. The third kappa shape index (κ3) is 4.36. The summed E-state index contributed by atoms with van der Waals surface area (Å²) in [6.45, 7) is 2.54. The predicted octanol–water partition coefficient (Wildman–Crippen LogP) is 5.21. The minimum atomic E-state index is -0.297. The topological polar surface area (TPSA) is 59.8 Å². The van der Waals surface area contributed by atoms with Crippen LogP contribution >= 0.6 is 11.6 Å². The number of hydrogen-bond acceptors (Lipinski definition) is 4. The van der Waals surface area contributed by atoms with Gasteiger partial charge in [0.2, 0.25) is 5.95 Å². The second kappa shape index (κ2) is 8.29. The first-order valence-electron chi connectivity index (χ1n) is 9.22. The van der Waals surface area contributed by atoms with Gasteiger partial charge in [0.25, 0.3) is 5.91 Å². The van der Waals surface area contributed by atoms with Crippen LogP contribution in [0.3, 0.4) is 0 Å². The van der Waals surface area contributed by atoms with Crippen molar-refractivity contribution in [3.8, 4) is 11.4 Å². The molecule has 1 aromatic heterocycles. The Bertz CT molecular complexity index is 1140. The Morgan fingerprint density at radius 2 is 1.76 bits per heavy atom. The number of anilines is 1. The molecule has 0 saturated heterocycles. The molecule has 29 heavy (non-hydrogen) atoms. The highest BCUT2D eigenvalue weighted by molar-refractivity contribution is 6.31. The maximum atomic E-state index is 13.1. The molecule has 0 atom stereocenters. The molecule has 0 aliphatic heterocycles. The number of carbonyl (C=O) groups excluding carboxylic acids is 1. The van der Waals surface area contributed by atoms with Crippen LogP contribution in [-0.2, 0) is 6.54 Å². The fraction of sp³-hybridized carbons (Fsp3) is 0.0870. The molecule has 1 heterocycles. The molecule has 0 fully saturated rings. The Morgan fingerprint density at radius 1 is 1.00 bits per heavy atom. The Hall–Kier alpha value is -3.44. The van der Waals surface area contributed by atoms with Crippen LogP contribution in [0.25, 0.3) is 11.4 Å². The van der Waals surface area contributed by atoms with Gasteiger partial charge < -0.3 is 5.32 Å². The molecule has 4 aromatic rings. The largest absolute Gasteiger partial charge is 0.350 e. The van der Waals surface area contributed by atoms with Gasteiger partial charge in [0.15, 0.2) is 5.82 Å². The molecule has 6 heteroatoms. The van der Waals surface area contributed by atoms with E-state index < -0.39 is 0 Å². The molecule has 0 unspecified atom stereocenters. The van der Waals surface area contributed by atoms with E-state index in [0.717, 1.165) is 16.7 Å². The second-order valence-corrected chi connectivity index (χ2v) is 7.13. The average molecular weight is 403 g/mol. The van der Waals surface area contributed by atoms with E-state index in [1.54, 1.807) is 24.3 Å². The Balaban J connectivity index is 1.70. The first kappa shape index (κ1) is 18.9. The van der Waals surface area contributed by atoms with Gasteiger partial charge in [0.1, 0.15) is 0 Å². The smallest absolute Gasteiger partial charge is 0.281 e. The van der Waals surface area contributed by atoms with Crippen molar-refractivity contribution in [1.82, 2.24) is 14.8 Å². The molecule has 0 aliphatic carbocycles. The second-order valence-electron chi connectivity index (χ2n) is 6.69. The normalized spacial score (nSPS) is 10.7. The Labute approximate surface area is 174 Å². The number of hydrogen-bond donors (Lipinski definition) is 1. The number of rotatable bonds is 5. The zero-order valence-electron chi connectivity index (χ0n) is 15.8. The van der Waals surface area contributed by atoms with Crippen LogP contribution in [0.4, 0.5) is 5.95 Å². The van der Waals surface area contributed by atoms with Crippen molar-refractivity contribution in [1.29, 1.82) is 0 Å². The molecule has 0 radical (unpaired) electrons. The lowest BCUT2D eigenvalue weighted by molar-refractivity contribution is 0.0947. The number of benzene rings is 3. The van der Waals surface area contributed by atoms with E-state index in [2.05, 4.69) is 15.4 Å². The lowest BCUT2D eigenvalue weighted by atomic mass is 10.1. The van der Waals surface area contributed by atoms with Crippen molar-refractivity contribution in [2.24, 2.45) is 0 Å². The maximum absolute atomic E-state index is 13.1. The third-order valence-corrected chi connectivity index (χ3v) is 4.71. The van der Waals surface area contributed by atoms with Gasteiger partial charge in [0.05, 0.1) is 0 Å². The summed E-state index contributed by atoms with van der Waals surface area (Å²) in [5.74, 6) is 0.569. The Morgan fingerprint density at radius 3 is 2.48 bits per heavy atom. The highest BCUT2D eigenvalue weighted by Gasteiger charge is 2.19. The van der Waals surface area contributed by atoms with Crippen LogP contribution in [0, 0.1) is 6.92 Å². The zero-order chi connectivity index (χ0) is 20.2. The van der Waals surface area contributed by atoms with Crippen LogP contribution in [0.2, 0.25) is 5.02 Å². The zero-order valence-corrected chi connectivity index (χ0v) is 16.6. The van der Waals surface area contributed by atoms with Crippen molar-refractivity contribution in [3.05, 3.63) is 101 Å². The molecule has 0 amide bonds. The summed E-state index contributed by atoms with van der Waals surface area (Å²) >= 11 is 6.06. The van der Waals surface area contributed by atoms with Crippen molar-refractivity contribution in [2.45, 2.75) is 13.5 Å². The summed E-state index contributed by atoms with van der Waals surface area (Å²) in [4.78, 5) is 17.7. The fourth-order valence-electron chi connectivity index (χ4n) is 2.91. The lowest BCUT2D eigenvalue weighted by Gasteiger charge is -2.07. The molecule has 0 bridgehead atoms. The van der Waals surface area contributed by atoms with E-state index >= 15 is 0 Å². The standard InChI is InChI=1S/C23H19ClN4O/c1-16-10-12-18(13-11-16)21-26-23(25-15-17-6-3-2-4-7-17)28(27-21)22(29)19-8-5-9-20(24)14-19/h2-14H,15H2,1H3,(H,25,26,27). The van der Waals surface area contributed by atoms with Crippen molar-refractivity contribution in [2.75, 3.05) is 5.32 Å². The summed E-state index contributed by atoms with van der Waals surface area (Å²) < 4.78 is 1.30. The summed E-state index contributed by atoms with van der Waals surface area (Å²) in [6, 6.07) is 24.6. The van der Waals surface area contributed by atoms with Gasteiger partial charge in [-0.05, 0) is 30.7 Å². The molecular weight excluding hydrogens is 384 g/mol. The highest BCUT2D eigenvalue weighted by atomic mass is 35.5. The monoisotopic (exact) mass is 402 g/mol.